The van der Waals surface area contributed by atoms with Crippen LogP contribution in [-0.2, 0) is 0 Å². The minimum absolute atomic E-state index is 0.739. The van der Waals surface area contributed by atoms with Gasteiger partial charge in [-0.2, -0.15) is 0 Å². The lowest BCUT2D eigenvalue weighted by molar-refractivity contribution is 0.632. The Morgan fingerprint density at radius 2 is 2.00 bits per heavy atom. The number of anilines is 1. The van der Waals surface area contributed by atoms with Crippen LogP contribution in [0.1, 0.15) is 20.3 Å². The van der Waals surface area contributed by atoms with E-state index in [1.807, 2.05) is 30.3 Å². The van der Waals surface area contributed by atoms with Crippen molar-refractivity contribution >= 4 is 28.1 Å². The molecule has 2 rings (SSSR count). The van der Waals surface area contributed by atoms with E-state index < -0.39 is 0 Å². The largest absolute Gasteiger partial charge is 0.389 e. The zero-order chi connectivity index (χ0) is 13.0. The molecule has 0 unspecified atom stereocenters. The number of nitrogens with zero attached hydrogens (tertiary/aromatic N) is 1. The molecule has 2 nitrogen and oxygen atoms in total. The van der Waals surface area contributed by atoms with Crippen molar-refractivity contribution < 1.29 is 0 Å². The molecule has 0 radical (unpaired) electrons. The van der Waals surface area contributed by atoms with Gasteiger partial charge in [-0.05, 0) is 12.3 Å². The van der Waals surface area contributed by atoms with Crippen molar-refractivity contribution in [1.29, 1.82) is 0 Å². The zero-order valence-corrected chi connectivity index (χ0v) is 12.4. The molecule has 0 atom stereocenters. The number of hydrogen-bond acceptors (Lipinski definition) is 4. The van der Waals surface area contributed by atoms with Crippen molar-refractivity contribution in [1.82, 2.24) is 4.98 Å². The van der Waals surface area contributed by atoms with Crippen LogP contribution in [0.15, 0.2) is 34.7 Å². The first-order valence-electron chi connectivity index (χ1n) is 6.11. The monoisotopic (exact) mass is 278 g/mol. The van der Waals surface area contributed by atoms with Crippen LogP contribution in [-0.4, -0.2) is 10.7 Å². The Morgan fingerprint density at radius 3 is 2.67 bits per heavy atom. The van der Waals surface area contributed by atoms with Gasteiger partial charge < -0.3 is 5.73 Å². The normalized spacial score (nSPS) is 11.1. The highest BCUT2D eigenvalue weighted by Gasteiger charge is 2.10. The minimum Gasteiger partial charge on any atom is -0.389 e. The van der Waals surface area contributed by atoms with Crippen LogP contribution >= 0.6 is 23.1 Å². The highest BCUT2D eigenvalue weighted by Crippen LogP contribution is 2.35. The number of thioether (sulfide) groups is 1. The Kier molecular flexibility index (Phi) is 4.66. The molecule has 1 heterocycles. The third kappa shape index (κ3) is 3.50. The van der Waals surface area contributed by atoms with Gasteiger partial charge in [-0.1, -0.05) is 67.3 Å². The minimum atomic E-state index is 0.739. The van der Waals surface area contributed by atoms with Crippen LogP contribution in [0, 0.1) is 5.92 Å². The standard InChI is InChI=1S/C14H18N2S2/c1-10(2)8-9-17-14-16-12(13(15)18-14)11-6-4-3-5-7-11/h3-7,10H,8-9,15H2,1-2H3. The van der Waals surface area contributed by atoms with Gasteiger partial charge in [0, 0.05) is 11.3 Å². The van der Waals surface area contributed by atoms with Gasteiger partial charge in [-0.15, -0.1) is 0 Å². The van der Waals surface area contributed by atoms with Crippen LogP contribution in [0.4, 0.5) is 5.00 Å². The van der Waals surface area contributed by atoms with Crippen molar-refractivity contribution in [3.63, 3.8) is 0 Å². The maximum absolute atomic E-state index is 6.05. The maximum Gasteiger partial charge on any atom is 0.152 e. The van der Waals surface area contributed by atoms with Gasteiger partial charge in [-0.3, -0.25) is 0 Å². The fraction of sp³-hybridized carbons (Fsp3) is 0.357. The fourth-order valence-corrected chi connectivity index (χ4v) is 3.82. The fourth-order valence-electron chi connectivity index (χ4n) is 1.56. The van der Waals surface area contributed by atoms with Gasteiger partial charge in [0.15, 0.2) is 4.34 Å². The van der Waals surface area contributed by atoms with Crippen molar-refractivity contribution in [2.45, 2.75) is 24.6 Å². The number of hydrogen-bond donors (Lipinski definition) is 1. The zero-order valence-electron chi connectivity index (χ0n) is 10.7. The third-order valence-electron chi connectivity index (χ3n) is 2.60. The molecule has 0 amide bonds. The summed E-state index contributed by atoms with van der Waals surface area (Å²) in [6, 6.07) is 10.1. The summed E-state index contributed by atoms with van der Waals surface area (Å²) in [7, 11) is 0. The van der Waals surface area contributed by atoms with E-state index in [9.17, 15) is 0 Å². The molecular formula is C14H18N2S2. The van der Waals surface area contributed by atoms with E-state index in [0.29, 0.717) is 0 Å². The molecule has 0 aliphatic rings. The Morgan fingerprint density at radius 1 is 1.28 bits per heavy atom. The van der Waals surface area contributed by atoms with E-state index in [1.165, 1.54) is 6.42 Å². The van der Waals surface area contributed by atoms with Gasteiger partial charge in [0.2, 0.25) is 0 Å². The summed E-state index contributed by atoms with van der Waals surface area (Å²) in [6.45, 7) is 4.48. The van der Waals surface area contributed by atoms with Crippen molar-refractivity contribution in [3.8, 4) is 11.3 Å². The number of nitrogen functional groups attached to an aromatic ring is 1. The SMILES string of the molecule is CC(C)CCSc1nc(-c2ccccc2)c(N)s1. The quantitative estimate of drug-likeness (QED) is 0.817. The number of thiazole rings is 1. The molecule has 0 saturated heterocycles. The second-order valence-corrected chi connectivity index (χ2v) is 6.96. The van der Waals surface area contributed by atoms with E-state index in [-0.39, 0.29) is 0 Å². The van der Waals surface area contributed by atoms with Crippen LogP contribution in [0.2, 0.25) is 0 Å². The Balaban J connectivity index is 2.08. The van der Waals surface area contributed by atoms with E-state index in [1.54, 1.807) is 23.1 Å². The second kappa shape index (κ2) is 6.25. The van der Waals surface area contributed by atoms with Gasteiger partial charge in [0.1, 0.15) is 10.7 Å². The average Bonchev–Trinajstić information content (AvgIpc) is 2.71. The summed E-state index contributed by atoms with van der Waals surface area (Å²) in [6.07, 6.45) is 1.21. The summed E-state index contributed by atoms with van der Waals surface area (Å²) in [4.78, 5) is 4.63. The smallest absolute Gasteiger partial charge is 0.152 e. The predicted octanol–water partition coefficient (Wildman–Crippen LogP) is 4.53. The van der Waals surface area contributed by atoms with Crippen LogP contribution in [0.25, 0.3) is 11.3 Å². The first-order valence-corrected chi connectivity index (χ1v) is 7.91. The number of benzene rings is 1. The number of rotatable bonds is 5. The highest BCUT2D eigenvalue weighted by molar-refractivity contribution is 8.01. The van der Waals surface area contributed by atoms with Crippen molar-refractivity contribution in [2.24, 2.45) is 5.92 Å². The molecule has 0 saturated carbocycles. The molecule has 0 aliphatic carbocycles. The van der Waals surface area contributed by atoms with Gasteiger partial charge >= 0.3 is 0 Å². The van der Waals surface area contributed by atoms with Crippen LogP contribution in [0.5, 0.6) is 0 Å². The Labute approximate surface area is 117 Å². The summed E-state index contributed by atoms with van der Waals surface area (Å²) in [5, 5.41) is 0.813. The maximum atomic E-state index is 6.05. The molecule has 96 valence electrons. The molecule has 2 aromatic rings. The Bertz CT molecular complexity index is 492. The third-order valence-corrected chi connectivity index (χ3v) is 4.66. The molecular weight excluding hydrogens is 260 g/mol. The van der Waals surface area contributed by atoms with E-state index in [0.717, 1.165) is 32.3 Å². The molecule has 4 heteroatoms. The molecule has 0 bridgehead atoms. The molecule has 0 fully saturated rings. The summed E-state index contributed by atoms with van der Waals surface area (Å²) < 4.78 is 1.08. The van der Waals surface area contributed by atoms with E-state index >= 15 is 0 Å². The molecule has 1 aromatic heterocycles. The van der Waals surface area contributed by atoms with E-state index in [2.05, 4.69) is 18.8 Å². The molecule has 0 aliphatic heterocycles. The van der Waals surface area contributed by atoms with Gasteiger partial charge in [-0.25, -0.2) is 4.98 Å². The van der Waals surface area contributed by atoms with Crippen molar-refractivity contribution in [3.05, 3.63) is 30.3 Å². The Hall–Kier alpha value is -1.00. The molecule has 0 spiro atoms. The second-order valence-electron chi connectivity index (χ2n) is 4.59. The van der Waals surface area contributed by atoms with Gasteiger partial charge in [0.25, 0.3) is 0 Å². The lowest BCUT2D eigenvalue weighted by atomic mass is 10.2. The summed E-state index contributed by atoms with van der Waals surface area (Å²) in [5.41, 5.74) is 8.07. The average molecular weight is 278 g/mol. The molecule has 1 aromatic carbocycles. The number of nitrogens with two attached hydrogens (primary N) is 1. The van der Waals surface area contributed by atoms with Gasteiger partial charge in [0.05, 0.1) is 0 Å². The molecule has 2 N–H and O–H groups in total. The summed E-state index contributed by atoms with van der Waals surface area (Å²) in [5.74, 6) is 1.85. The number of aromatic nitrogens is 1. The topological polar surface area (TPSA) is 38.9 Å². The lowest BCUT2D eigenvalue weighted by Gasteiger charge is -2.01. The molecule has 18 heavy (non-hydrogen) atoms. The van der Waals surface area contributed by atoms with Crippen molar-refractivity contribution in [2.75, 3.05) is 11.5 Å². The first-order chi connectivity index (χ1) is 8.66. The van der Waals surface area contributed by atoms with Crippen LogP contribution in [0.3, 0.4) is 0 Å². The lowest BCUT2D eigenvalue weighted by Crippen LogP contribution is -1.89. The highest BCUT2D eigenvalue weighted by atomic mass is 32.2. The van der Waals surface area contributed by atoms with Crippen LogP contribution < -0.4 is 5.73 Å². The first kappa shape index (κ1) is 13.4. The predicted molar refractivity (Wildman–Crippen MR) is 82.1 cm³/mol. The van der Waals surface area contributed by atoms with E-state index in [4.69, 9.17) is 5.73 Å². The summed E-state index contributed by atoms with van der Waals surface area (Å²) >= 11 is 3.40.